The lowest BCUT2D eigenvalue weighted by Gasteiger charge is -2.02. The molecule has 0 aliphatic heterocycles. The van der Waals surface area contributed by atoms with E-state index in [-0.39, 0.29) is 29.0 Å². The van der Waals surface area contributed by atoms with Crippen molar-refractivity contribution < 1.29 is 22.1 Å². The second-order valence-electron chi connectivity index (χ2n) is 5.40. The Labute approximate surface area is 148 Å². The van der Waals surface area contributed by atoms with Gasteiger partial charge in [0.05, 0.1) is 4.90 Å². The maximum absolute atomic E-state index is 12.8. The lowest BCUT2D eigenvalue weighted by molar-refractivity contribution is 0.0907. The first-order valence-electron chi connectivity index (χ1n) is 7.57. The number of halogens is 1. The maximum atomic E-state index is 12.8. The molecule has 9 heteroatoms. The minimum atomic E-state index is -3.64. The van der Waals surface area contributed by atoms with Crippen LogP contribution in [-0.4, -0.2) is 24.5 Å². The zero-order valence-electron chi connectivity index (χ0n) is 13.4. The molecule has 1 aromatic heterocycles. The van der Waals surface area contributed by atoms with Crippen molar-refractivity contribution in [2.75, 3.05) is 0 Å². The second kappa shape index (κ2) is 7.44. The summed E-state index contributed by atoms with van der Waals surface area (Å²) in [6, 6.07) is 13.5. The third kappa shape index (κ3) is 4.31. The van der Waals surface area contributed by atoms with E-state index >= 15 is 0 Å². The Morgan fingerprint density at radius 3 is 2.46 bits per heavy atom. The molecule has 0 radical (unpaired) electrons. The number of nitrogens with zero attached hydrogens (tertiary/aromatic N) is 2. The van der Waals surface area contributed by atoms with Gasteiger partial charge in [-0.15, -0.1) is 0 Å². The molecule has 0 bridgehead atoms. The van der Waals surface area contributed by atoms with Crippen LogP contribution in [0, 0.1) is 5.82 Å². The number of aromatic nitrogens is 2. The van der Waals surface area contributed by atoms with Crippen molar-refractivity contribution >= 4 is 15.7 Å². The van der Waals surface area contributed by atoms with Gasteiger partial charge in [-0.25, -0.2) is 12.8 Å². The van der Waals surface area contributed by atoms with Gasteiger partial charge in [0, 0.05) is 6.54 Å². The predicted octanol–water partition coefficient (Wildman–Crippen LogP) is 2.11. The highest BCUT2D eigenvalue weighted by atomic mass is 32.2. The van der Waals surface area contributed by atoms with Gasteiger partial charge in [-0.05, 0) is 29.8 Å². The highest BCUT2D eigenvalue weighted by Crippen LogP contribution is 2.14. The smallest absolute Gasteiger partial charge is 0.315 e. The Morgan fingerprint density at radius 2 is 1.77 bits per heavy atom. The molecule has 0 atom stereocenters. The topological polar surface area (TPSA) is 102 Å². The van der Waals surface area contributed by atoms with Crippen LogP contribution in [0.1, 0.15) is 22.1 Å². The highest BCUT2D eigenvalue weighted by Gasteiger charge is 2.21. The monoisotopic (exact) mass is 375 g/mol. The third-order valence-corrected chi connectivity index (χ3v) is 5.08. The SMILES string of the molecule is O=C(NCc1ccc(F)cc1)c1nc(CS(=O)(=O)c2ccccc2)no1. The summed E-state index contributed by atoms with van der Waals surface area (Å²) in [6.45, 7) is 0.138. The number of hydrogen-bond donors (Lipinski definition) is 1. The summed E-state index contributed by atoms with van der Waals surface area (Å²) < 4.78 is 42.2. The first-order valence-corrected chi connectivity index (χ1v) is 9.22. The van der Waals surface area contributed by atoms with Gasteiger partial charge in [0.25, 0.3) is 0 Å². The van der Waals surface area contributed by atoms with Crippen LogP contribution in [0.25, 0.3) is 0 Å². The summed E-state index contributed by atoms with van der Waals surface area (Å²) in [4.78, 5) is 16.0. The quantitative estimate of drug-likeness (QED) is 0.708. The fourth-order valence-electron chi connectivity index (χ4n) is 2.15. The van der Waals surface area contributed by atoms with Crippen LogP contribution in [0.5, 0.6) is 0 Å². The highest BCUT2D eigenvalue weighted by molar-refractivity contribution is 7.90. The van der Waals surface area contributed by atoms with Crippen molar-refractivity contribution in [3.63, 3.8) is 0 Å². The van der Waals surface area contributed by atoms with Crippen molar-refractivity contribution in [2.24, 2.45) is 0 Å². The Morgan fingerprint density at radius 1 is 1.08 bits per heavy atom. The molecule has 134 valence electrons. The molecule has 3 aromatic rings. The van der Waals surface area contributed by atoms with Crippen LogP contribution in [0.15, 0.2) is 64.0 Å². The number of amides is 1. The largest absolute Gasteiger partial charge is 0.344 e. The van der Waals surface area contributed by atoms with Gasteiger partial charge in [0.2, 0.25) is 0 Å². The van der Waals surface area contributed by atoms with Gasteiger partial charge in [0.15, 0.2) is 15.7 Å². The number of carbonyl (C=O) groups is 1. The van der Waals surface area contributed by atoms with Crippen molar-refractivity contribution in [3.05, 3.63) is 77.7 Å². The average molecular weight is 375 g/mol. The van der Waals surface area contributed by atoms with Crippen molar-refractivity contribution in [2.45, 2.75) is 17.2 Å². The predicted molar refractivity (Wildman–Crippen MR) is 89.2 cm³/mol. The van der Waals surface area contributed by atoms with E-state index in [9.17, 15) is 17.6 Å². The van der Waals surface area contributed by atoms with Gasteiger partial charge in [-0.1, -0.05) is 35.5 Å². The molecule has 2 aromatic carbocycles. The molecule has 7 nitrogen and oxygen atoms in total. The van der Waals surface area contributed by atoms with Crippen molar-refractivity contribution in [3.8, 4) is 0 Å². The van der Waals surface area contributed by atoms with Crippen LogP contribution in [0.2, 0.25) is 0 Å². The van der Waals surface area contributed by atoms with E-state index in [2.05, 4.69) is 15.5 Å². The zero-order valence-corrected chi connectivity index (χ0v) is 14.2. The molecule has 0 fully saturated rings. The van der Waals surface area contributed by atoms with E-state index in [1.165, 1.54) is 36.4 Å². The minimum absolute atomic E-state index is 0.110. The molecule has 0 aliphatic carbocycles. The van der Waals surface area contributed by atoms with Crippen molar-refractivity contribution in [1.82, 2.24) is 15.5 Å². The molecule has 1 N–H and O–H groups in total. The van der Waals surface area contributed by atoms with Gasteiger partial charge >= 0.3 is 11.8 Å². The maximum Gasteiger partial charge on any atom is 0.315 e. The van der Waals surface area contributed by atoms with Crippen LogP contribution < -0.4 is 5.32 Å². The normalized spacial score (nSPS) is 11.3. The van der Waals surface area contributed by atoms with Gasteiger partial charge < -0.3 is 9.84 Å². The summed E-state index contributed by atoms with van der Waals surface area (Å²) in [7, 11) is -3.64. The summed E-state index contributed by atoms with van der Waals surface area (Å²) in [5, 5.41) is 6.07. The summed E-state index contributed by atoms with van der Waals surface area (Å²) in [5.41, 5.74) is 0.686. The van der Waals surface area contributed by atoms with E-state index in [0.29, 0.717) is 5.56 Å². The standard InChI is InChI=1S/C17H14FN3O4S/c18-13-8-6-12(7-9-13)10-19-16(22)17-20-15(21-25-17)11-26(23,24)14-4-2-1-3-5-14/h1-9H,10-11H2,(H,19,22). The van der Waals surface area contributed by atoms with E-state index in [1.807, 2.05) is 0 Å². The Hall–Kier alpha value is -3.07. The summed E-state index contributed by atoms with van der Waals surface area (Å²) >= 11 is 0. The first-order chi connectivity index (χ1) is 12.4. The van der Waals surface area contributed by atoms with Crippen LogP contribution in [0.4, 0.5) is 4.39 Å². The first kappa shape index (κ1) is 17.7. The van der Waals surface area contributed by atoms with E-state index in [1.54, 1.807) is 18.2 Å². The molecule has 3 rings (SSSR count). The van der Waals surface area contributed by atoms with Crippen LogP contribution in [0.3, 0.4) is 0 Å². The summed E-state index contributed by atoms with van der Waals surface area (Å²) in [6.07, 6.45) is 0. The number of rotatable bonds is 6. The fourth-order valence-corrected chi connectivity index (χ4v) is 3.34. The molecule has 0 spiro atoms. The number of sulfone groups is 1. The zero-order chi connectivity index (χ0) is 18.6. The molecule has 0 unspecified atom stereocenters. The fraction of sp³-hybridized carbons (Fsp3) is 0.118. The Balaban J connectivity index is 1.64. The molecule has 0 aliphatic rings. The lowest BCUT2D eigenvalue weighted by atomic mass is 10.2. The van der Waals surface area contributed by atoms with Crippen LogP contribution >= 0.6 is 0 Å². The number of benzene rings is 2. The third-order valence-electron chi connectivity index (χ3n) is 3.45. The van der Waals surface area contributed by atoms with E-state index in [0.717, 1.165) is 0 Å². The molecular formula is C17H14FN3O4S. The molecule has 0 saturated carbocycles. The molecule has 26 heavy (non-hydrogen) atoms. The molecule has 1 heterocycles. The van der Waals surface area contributed by atoms with Gasteiger partial charge in [-0.2, -0.15) is 4.98 Å². The number of carbonyl (C=O) groups excluding carboxylic acids is 1. The Bertz CT molecular complexity index is 1000. The summed E-state index contributed by atoms with van der Waals surface area (Å²) in [5.74, 6) is -1.95. The minimum Gasteiger partial charge on any atom is -0.344 e. The molecule has 1 amide bonds. The van der Waals surface area contributed by atoms with Crippen molar-refractivity contribution in [1.29, 1.82) is 0 Å². The van der Waals surface area contributed by atoms with Gasteiger partial charge in [-0.3, -0.25) is 4.79 Å². The number of hydrogen-bond acceptors (Lipinski definition) is 6. The second-order valence-corrected chi connectivity index (χ2v) is 7.39. The lowest BCUT2D eigenvalue weighted by Crippen LogP contribution is -2.23. The molecular weight excluding hydrogens is 361 g/mol. The molecule has 0 saturated heterocycles. The Kier molecular flexibility index (Phi) is 5.08. The van der Waals surface area contributed by atoms with E-state index < -0.39 is 21.5 Å². The van der Waals surface area contributed by atoms with E-state index in [4.69, 9.17) is 4.52 Å². The van der Waals surface area contributed by atoms with Crippen LogP contribution in [-0.2, 0) is 22.1 Å². The average Bonchev–Trinajstić information content (AvgIpc) is 3.09. The number of nitrogens with one attached hydrogen (secondary N) is 1. The van der Waals surface area contributed by atoms with Gasteiger partial charge in [0.1, 0.15) is 11.6 Å².